The van der Waals surface area contributed by atoms with Gasteiger partial charge in [0.1, 0.15) is 5.82 Å². The third-order valence-electron chi connectivity index (χ3n) is 3.29. The van der Waals surface area contributed by atoms with Crippen molar-refractivity contribution in [2.75, 3.05) is 17.3 Å². The molecule has 7 nitrogen and oxygen atoms in total. The van der Waals surface area contributed by atoms with Crippen LogP contribution in [0.3, 0.4) is 0 Å². The predicted octanol–water partition coefficient (Wildman–Crippen LogP) is 2.71. The number of aromatic nitrogens is 5. The molecule has 0 bridgehead atoms. The maximum absolute atomic E-state index is 12.0. The lowest BCUT2D eigenvalue weighted by atomic mass is 10.1. The van der Waals surface area contributed by atoms with E-state index in [1.807, 2.05) is 36.1 Å². The second kappa shape index (κ2) is 8.45. The van der Waals surface area contributed by atoms with Crippen LogP contribution in [-0.4, -0.2) is 42.9 Å². The van der Waals surface area contributed by atoms with Crippen LogP contribution in [-0.2, 0) is 18.3 Å². The van der Waals surface area contributed by atoms with Crippen molar-refractivity contribution in [2.24, 2.45) is 7.05 Å². The molecule has 0 unspecified atom stereocenters. The van der Waals surface area contributed by atoms with Crippen molar-refractivity contribution in [3.05, 3.63) is 41.7 Å². The van der Waals surface area contributed by atoms with E-state index in [0.717, 1.165) is 10.2 Å². The van der Waals surface area contributed by atoms with Crippen molar-refractivity contribution in [1.82, 2.24) is 25.0 Å². The molecule has 0 aliphatic carbocycles. The third kappa shape index (κ3) is 4.80. The number of nitrogens with one attached hydrogen (secondary N) is 1. The molecule has 10 heteroatoms. The first kappa shape index (κ1) is 17.9. The van der Waals surface area contributed by atoms with Crippen LogP contribution >= 0.6 is 34.9 Å². The summed E-state index contributed by atoms with van der Waals surface area (Å²) in [6.45, 7) is 0. The standard InChI is InChI=1S/C15H16N6OS3/c1-21-11(8-10-6-4-3-5-7-10)17-19-14(21)24-9-12(22)16-13-18-20-15(23-2)25-13/h3-7H,8-9H2,1-2H3,(H,16,18,22). The van der Waals surface area contributed by atoms with Gasteiger partial charge in [0, 0.05) is 13.5 Å². The van der Waals surface area contributed by atoms with Crippen LogP contribution in [0.15, 0.2) is 39.8 Å². The van der Waals surface area contributed by atoms with Gasteiger partial charge in [0.25, 0.3) is 0 Å². The monoisotopic (exact) mass is 392 g/mol. The van der Waals surface area contributed by atoms with E-state index in [2.05, 4.69) is 37.8 Å². The molecule has 2 heterocycles. The summed E-state index contributed by atoms with van der Waals surface area (Å²) >= 11 is 4.20. The highest BCUT2D eigenvalue weighted by atomic mass is 32.2. The number of benzene rings is 1. The van der Waals surface area contributed by atoms with Gasteiger partial charge < -0.3 is 4.57 Å². The van der Waals surface area contributed by atoms with E-state index in [-0.39, 0.29) is 11.7 Å². The molecule has 0 atom stereocenters. The lowest BCUT2D eigenvalue weighted by molar-refractivity contribution is -0.113. The van der Waals surface area contributed by atoms with Crippen molar-refractivity contribution in [3.8, 4) is 0 Å². The molecule has 0 fully saturated rings. The SMILES string of the molecule is CSc1nnc(NC(=O)CSc2nnc(Cc3ccccc3)n2C)s1. The Morgan fingerprint density at radius 2 is 2.00 bits per heavy atom. The van der Waals surface area contributed by atoms with Gasteiger partial charge in [0.2, 0.25) is 11.0 Å². The van der Waals surface area contributed by atoms with E-state index in [9.17, 15) is 4.79 Å². The number of carbonyl (C=O) groups excluding carboxylic acids is 1. The molecular formula is C15H16N6OS3. The third-order valence-corrected chi connectivity index (χ3v) is 6.12. The molecule has 2 aromatic heterocycles. The quantitative estimate of drug-likeness (QED) is 0.489. The molecule has 1 aromatic carbocycles. The summed E-state index contributed by atoms with van der Waals surface area (Å²) in [5.74, 6) is 0.968. The highest BCUT2D eigenvalue weighted by molar-refractivity contribution is 8.00. The molecule has 0 saturated carbocycles. The summed E-state index contributed by atoms with van der Waals surface area (Å²) in [6, 6.07) is 10.1. The molecule has 130 valence electrons. The minimum Gasteiger partial charge on any atom is -0.309 e. The highest BCUT2D eigenvalue weighted by Gasteiger charge is 2.13. The lowest BCUT2D eigenvalue weighted by Gasteiger charge is -2.04. The average molecular weight is 393 g/mol. The van der Waals surface area contributed by atoms with Crippen molar-refractivity contribution >= 4 is 45.9 Å². The maximum atomic E-state index is 12.0. The fraction of sp³-hybridized carbons (Fsp3) is 0.267. The van der Waals surface area contributed by atoms with Crippen LogP contribution in [0.1, 0.15) is 11.4 Å². The van der Waals surface area contributed by atoms with E-state index < -0.39 is 0 Å². The van der Waals surface area contributed by atoms with Crippen LogP contribution in [0.4, 0.5) is 5.13 Å². The molecule has 1 amide bonds. The number of anilines is 1. The van der Waals surface area contributed by atoms with Crippen molar-refractivity contribution < 1.29 is 4.79 Å². The minimum absolute atomic E-state index is 0.138. The van der Waals surface area contributed by atoms with Gasteiger partial charge in [-0.2, -0.15) is 0 Å². The summed E-state index contributed by atoms with van der Waals surface area (Å²) in [6.07, 6.45) is 2.63. The van der Waals surface area contributed by atoms with Crippen molar-refractivity contribution in [3.63, 3.8) is 0 Å². The zero-order valence-corrected chi connectivity index (χ0v) is 16.1. The number of carbonyl (C=O) groups is 1. The topological polar surface area (TPSA) is 85.6 Å². The number of rotatable bonds is 7. The second-order valence-corrected chi connectivity index (χ2v) is 8.01. The van der Waals surface area contributed by atoms with Crippen molar-refractivity contribution in [1.29, 1.82) is 0 Å². The van der Waals surface area contributed by atoms with Crippen LogP contribution in [0.5, 0.6) is 0 Å². The molecule has 3 rings (SSSR count). The van der Waals surface area contributed by atoms with Gasteiger partial charge >= 0.3 is 0 Å². The Morgan fingerprint density at radius 1 is 1.20 bits per heavy atom. The fourth-order valence-electron chi connectivity index (χ4n) is 2.03. The smallest absolute Gasteiger partial charge is 0.236 e. The van der Waals surface area contributed by atoms with Gasteiger partial charge in [-0.25, -0.2) is 0 Å². The van der Waals surface area contributed by atoms with Gasteiger partial charge in [-0.05, 0) is 11.8 Å². The first-order chi connectivity index (χ1) is 12.2. The molecule has 25 heavy (non-hydrogen) atoms. The molecule has 0 spiro atoms. The number of nitrogens with zero attached hydrogens (tertiary/aromatic N) is 5. The number of thioether (sulfide) groups is 2. The molecule has 0 aliphatic heterocycles. The van der Waals surface area contributed by atoms with E-state index in [1.165, 1.54) is 40.4 Å². The molecule has 0 radical (unpaired) electrons. The minimum atomic E-state index is -0.138. The van der Waals surface area contributed by atoms with Crippen LogP contribution < -0.4 is 5.32 Å². The lowest BCUT2D eigenvalue weighted by Crippen LogP contribution is -2.14. The van der Waals surface area contributed by atoms with E-state index in [1.54, 1.807) is 0 Å². The Labute approximate surface area is 157 Å². The van der Waals surface area contributed by atoms with Gasteiger partial charge in [-0.15, -0.1) is 20.4 Å². The largest absolute Gasteiger partial charge is 0.309 e. The summed E-state index contributed by atoms with van der Waals surface area (Å²) in [5, 5.41) is 20.2. The van der Waals surface area contributed by atoms with Gasteiger partial charge in [-0.3, -0.25) is 10.1 Å². The Hall–Kier alpha value is -1.91. The normalized spacial score (nSPS) is 10.8. The molecule has 3 aromatic rings. The highest BCUT2D eigenvalue weighted by Crippen LogP contribution is 2.23. The first-order valence-electron chi connectivity index (χ1n) is 7.38. The Kier molecular flexibility index (Phi) is 6.05. The zero-order chi connectivity index (χ0) is 17.6. The fourth-order valence-corrected chi connectivity index (χ4v) is 3.95. The first-order valence-corrected chi connectivity index (χ1v) is 10.4. The summed E-state index contributed by atoms with van der Waals surface area (Å²) in [4.78, 5) is 12.0. The molecule has 0 aliphatic rings. The van der Waals surface area contributed by atoms with Gasteiger partial charge in [0.05, 0.1) is 5.75 Å². The predicted molar refractivity (Wildman–Crippen MR) is 101 cm³/mol. The number of amides is 1. The van der Waals surface area contributed by atoms with Crippen LogP contribution in [0.25, 0.3) is 0 Å². The number of hydrogen-bond acceptors (Lipinski definition) is 8. The van der Waals surface area contributed by atoms with E-state index >= 15 is 0 Å². The number of hydrogen-bond donors (Lipinski definition) is 1. The summed E-state index contributed by atoms with van der Waals surface area (Å²) in [5.41, 5.74) is 1.17. The van der Waals surface area contributed by atoms with Gasteiger partial charge in [-0.1, -0.05) is 65.2 Å². The van der Waals surface area contributed by atoms with E-state index in [0.29, 0.717) is 16.7 Å². The van der Waals surface area contributed by atoms with Crippen LogP contribution in [0, 0.1) is 0 Å². The van der Waals surface area contributed by atoms with E-state index in [4.69, 9.17) is 0 Å². The average Bonchev–Trinajstić information content (AvgIpc) is 3.21. The molecule has 1 N–H and O–H groups in total. The molecular weight excluding hydrogens is 376 g/mol. The Balaban J connectivity index is 1.55. The summed E-state index contributed by atoms with van der Waals surface area (Å²) < 4.78 is 2.74. The Morgan fingerprint density at radius 3 is 2.72 bits per heavy atom. The van der Waals surface area contributed by atoms with Crippen molar-refractivity contribution in [2.45, 2.75) is 15.9 Å². The molecule has 0 saturated heterocycles. The Bertz CT molecular complexity index is 848. The second-order valence-electron chi connectivity index (χ2n) is 5.03. The van der Waals surface area contributed by atoms with Crippen LogP contribution in [0.2, 0.25) is 0 Å². The zero-order valence-electron chi connectivity index (χ0n) is 13.7. The van der Waals surface area contributed by atoms with Gasteiger partial charge in [0.15, 0.2) is 9.50 Å². The maximum Gasteiger partial charge on any atom is 0.236 e. The summed E-state index contributed by atoms with van der Waals surface area (Å²) in [7, 11) is 1.91.